The molecule has 5 nitrogen and oxygen atoms in total. The van der Waals surface area contributed by atoms with Gasteiger partial charge in [0.15, 0.2) is 0 Å². The van der Waals surface area contributed by atoms with Crippen LogP contribution in [0.2, 0.25) is 0 Å². The lowest BCUT2D eigenvalue weighted by atomic mass is 10.2. The molecule has 2 amide bonds. The van der Waals surface area contributed by atoms with Crippen LogP contribution < -0.4 is 16.4 Å². The summed E-state index contributed by atoms with van der Waals surface area (Å²) in [4.78, 5) is 22.8. The number of rotatable bonds is 7. The van der Waals surface area contributed by atoms with Crippen LogP contribution in [-0.4, -0.2) is 24.9 Å². The Balaban J connectivity index is 2.26. The van der Waals surface area contributed by atoms with E-state index in [0.717, 1.165) is 12.0 Å². The van der Waals surface area contributed by atoms with Crippen LogP contribution in [0, 0.1) is 0 Å². The Hall–Kier alpha value is -2.30. The summed E-state index contributed by atoms with van der Waals surface area (Å²) in [5.74, 6) is -0.264. The SMILES string of the molecule is CCCNC(=O)CCNC(=O)/C=C/c1ccc(N)cc1. The van der Waals surface area contributed by atoms with Gasteiger partial charge in [-0.15, -0.1) is 0 Å². The summed E-state index contributed by atoms with van der Waals surface area (Å²) in [6.45, 7) is 2.99. The predicted octanol–water partition coefficient (Wildman–Crippen LogP) is 1.31. The van der Waals surface area contributed by atoms with Crippen molar-refractivity contribution in [3.05, 3.63) is 35.9 Å². The number of nitrogens with one attached hydrogen (secondary N) is 2. The molecular weight excluding hydrogens is 254 g/mol. The molecule has 0 aliphatic heterocycles. The molecule has 1 aromatic carbocycles. The van der Waals surface area contributed by atoms with Gasteiger partial charge < -0.3 is 16.4 Å². The smallest absolute Gasteiger partial charge is 0.244 e. The van der Waals surface area contributed by atoms with E-state index >= 15 is 0 Å². The topological polar surface area (TPSA) is 84.2 Å². The van der Waals surface area contributed by atoms with E-state index in [1.54, 1.807) is 18.2 Å². The summed E-state index contributed by atoms with van der Waals surface area (Å²) in [7, 11) is 0. The molecule has 1 aromatic rings. The van der Waals surface area contributed by atoms with E-state index in [1.165, 1.54) is 6.08 Å². The fourth-order valence-corrected chi connectivity index (χ4v) is 1.49. The highest BCUT2D eigenvalue weighted by Crippen LogP contribution is 2.06. The number of hydrogen-bond acceptors (Lipinski definition) is 3. The molecule has 0 aliphatic carbocycles. The maximum absolute atomic E-state index is 11.5. The average Bonchev–Trinajstić information content (AvgIpc) is 2.44. The minimum atomic E-state index is -0.217. The lowest BCUT2D eigenvalue weighted by Gasteiger charge is -2.03. The van der Waals surface area contributed by atoms with Crippen LogP contribution in [-0.2, 0) is 9.59 Å². The van der Waals surface area contributed by atoms with Gasteiger partial charge in [0.2, 0.25) is 11.8 Å². The number of carbonyl (C=O) groups is 2. The van der Waals surface area contributed by atoms with Gasteiger partial charge in [-0.2, -0.15) is 0 Å². The quantitative estimate of drug-likeness (QED) is 0.518. The van der Waals surface area contributed by atoms with Gasteiger partial charge in [-0.1, -0.05) is 19.1 Å². The van der Waals surface area contributed by atoms with Gasteiger partial charge in [-0.25, -0.2) is 0 Å². The molecule has 0 heterocycles. The summed E-state index contributed by atoms with van der Waals surface area (Å²) in [5, 5.41) is 5.41. The van der Waals surface area contributed by atoms with Crippen molar-refractivity contribution in [2.75, 3.05) is 18.8 Å². The molecular formula is C15H21N3O2. The Morgan fingerprint density at radius 2 is 1.85 bits per heavy atom. The van der Waals surface area contributed by atoms with Gasteiger partial charge in [0.1, 0.15) is 0 Å². The van der Waals surface area contributed by atoms with E-state index < -0.39 is 0 Å². The predicted molar refractivity (Wildman–Crippen MR) is 80.8 cm³/mol. The van der Waals surface area contributed by atoms with Gasteiger partial charge in [0.05, 0.1) is 0 Å². The molecule has 0 atom stereocenters. The van der Waals surface area contributed by atoms with Crippen molar-refractivity contribution in [1.29, 1.82) is 0 Å². The summed E-state index contributed by atoms with van der Waals surface area (Å²) in [6.07, 6.45) is 4.34. The van der Waals surface area contributed by atoms with Crippen molar-refractivity contribution in [3.8, 4) is 0 Å². The normalized spacial score (nSPS) is 10.4. The number of carbonyl (C=O) groups excluding carboxylic acids is 2. The molecule has 5 heteroatoms. The van der Waals surface area contributed by atoms with Crippen LogP contribution in [0.3, 0.4) is 0 Å². The van der Waals surface area contributed by atoms with Gasteiger partial charge in [-0.3, -0.25) is 9.59 Å². The fourth-order valence-electron chi connectivity index (χ4n) is 1.49. The average molecular weight is 275 g/mol. The molecule has 0 bridgehead atoms. The molecule has 108 valence electrons. The van der Waals surface area contributed by atoms with Crippen LogP contribution in [0.4, 0.5) is 5.69 Å². The summed E-state index contributed by atoms with van der Waals surface area (Å²) < 4.78 is 0. The third-order valence-electron chi connectivity index (χ3n) is 2.59. The van der Waals surface area contributed by atoms with Gasteiger partial charge >= 0.3 is 0 Å². The first kappa shape index (κ1) is 15.8. The van der Waals surface area contributed by atoms with Crippen molar-refractivity contribution in [2.24, 2.45) is 0 Å². The van der Waals surface area contributed by atoms with Crippen LogP contribution >= 0.6 is 0 Å². The molecule has 0 unspecified atom stereocenters. The highest BCUT2D eigenvalue weighted by molar-refractivity contribution is 5.92. The fraction of sp³-hybridized carbons (Fsp3) is 0.333. The molecule has 0 saturated carbocycles. The first-order valence-electron chi connectivity index (χ1n) is 6.70. The summed E-state index contributed by atoms with van der Waals surface area (Å²) in [5.41, 5.74) is 7.15. The van der Waals surface area contributed by atoms with E-state index in [-0.39, 0.29) is 11.8 Å². The zero-order valence-electron chi connectivity index (χ0n) is 11.7. The second-order valence-corrected chi connectivity index (χ2v) is 4.39. The van der Waals surface area contributed by atoms with E-state index in [2.05, 4.69) is 10.6 Å². The molecule has 20 heavy (non-hydrogen) atoms. The number of hydrogen-bond donors (Lipinski definition) is 3. The molecule has 0 spiro atoms. The van der Waals surface area contributed by atoms with Gasteiger partial charge in [0, 0.05) is 31.3 Å². The van der Waals surface area contributed by atoms with Crippen LogP contribution in [0.1, 0.15) is 25.3 Å². The molecule has 0 radical (unpaired) electrons. The number of nitrogens with two attached hydrogens (primary N) is 1. The van der Waals surface area contributed by atoms with Crippen LogP contribution in [0.25, 0.3) is 6.08 Å². The van der Waals surface area contributed by atoms with Crippen LogP contribution in [0.5, 0.6) is 0 Å². The highest BCUT2D eigenvalue weighted by Gasteiger charge is 2.00. The standard InChI is InChI=1S/C15H21N3O2/c1-2-10-17-15(20)9-11-18-14(19)8-5-12-3-6-13(16)7-4-12/h3-8H,2,9-11,16H2,1H3,(H,17,20)(H,18,19)/b8-5+. The number of benzene rings is 1. The van der Waals surface area contributed by atoms with E-state index in [1.807, 2.05) is 19.1 Å². The summed E-state index contributed by atoms with van der Waals surface area (Å²) >= 11 is 0. The first-order chi connectivity index (χ1) is 9.61. The Morgan fingerprint density at radius 1 is 1.15 bits per heavy atom. The minimum Gasteiger partial charge on any atom is -0.399 e. The monoisotopic (exact) mass is 275 g/mol. The van der Waals surface area contributed by atoms with Crippen LogP contribution in [0.15, 0.2) is 30.3 Å². The third-order valence-corrected chi connectivity index (χ3v) is 2.59. The molecule has 4 N–H and O–H groups in total. The highest BCUT2D eigenvalue weighted by atomic mass is 16.2. The number of amides is 2. The molecule has 0 aromatic heterocycles. The second-order valence-electron chi connectivity index (χ2n) is 4.39. The molecule has 0 aliphatic rings. The number of anilines is 1. The van der Waals surface area contributed by atoms with Crippen molar-refractivity contribution >= 4 is 23.6 Å². The first-order valence-corrected chi connectivity index (χ1v) is 6.70. The Morgan fingerprint density at radius 3 is 2.50 bits per heavy atom. The maximum atomic E-state index is 11.5. The third kappa shape index (κ3) is 6.58. The lowest BCUT2D eigenvalue weighted by Crippen LogP contribution is -2.30. The Kier molecular flexibility index (Phi) is 6.89. The van der Waals surface area contributed by atoms with Crippen molar-refractivity contribution in [2.45, 2.75) is 19.8 Å². The second kappa shape index (κ2) is 8.74. The van der Waals surface area contributed by atoms with Crippen molar-refractivity contribution in [1.82, 2.24) is 10.6 Å². The Bertz CT molecular complexity index is 467. The van der Waals surface area contributed by atoms with Crippen molar-refractivity contribution < 1.29 is 9.59 Å². The van der Waals surface area contributed by atoms with Gasteiger partial charge in [0.25, 0.3) is 0 Å². The Labute approximate surface area is 119 Å². The van der Waals surface area contributed by atoms with Crippen molar-refractivity contribution in [3.63, 3.8) is 0 Å². The zero-order valence-corrected chi connectivity index (χ0v) is 11.7. The molecule has 0 saturated heterocycles. The van der Waals surface area contributed by atoms with E-state index in [0.29, 0.717) is 25.2 Å². The van der Waals surface area contributed by atoms with E-state index in [4.69, 9.17) is 5.73 Å². The van der Waals surface area contributed by atoms with E-state index in [9.17, 15) is 9.59 Å². The molecule has 0 fully saturated rings. The molecule has 1 rings (SSSR count). The maximum Gasteiger partial charge on any atom is 0.244 e. The lowest BCUT2D eigenvalue weighted by molar-refractivity contribution is -0.121. The zero-order chi connectivity index (χ0) is 14.8. The number of nitrogen functional groups attached to an aromatic ring is 1. The minimum absolute atomic E-state index is 0.0466. The van der Waals surface area contributed by atoms with Gasteiger partial charge in [-0.05, 0) is 30.2 Å². The summed E-state index contributed by atoms with van der Waals surface area (Å²) in [6, 6.07) is 7.21. The largest absolute Gasteiger partial charge is 0.399 e.